The monoisotopic (exact) mass is 146 g/mol. The Morgan fingerprint density at radius 3 is 3.18 bits per heavy atom. The van der Waals surface area contributed by atoms with E-state index < -0.39 is 0 Å². The van der Waals surface area contributed by atoms with Crippen molar-refractivity contribution in [3.05, 3.63) is 34.9 Å². The summed E-state index contributed by atoms with van der Waals surface area (Å²) < 4.78 is 0. The largest absolute Gasteiger partial charge is 0.326 e. The van der Waals surface area contributed by atoms with Crippen molar-refractivity contribution in [2.24, 2.45) is 10.7 Å². The molecule has 0 aromatic heterocycles. The maximum absolute atomic E-state index is 5.50. The first-order valence-corrected chi connectivity index (χ1v) is 3.72. The lowest BCUT2D eigenvalue weighted by Gasteiger charge is -1.99. The van der Waals surface area contributed by atoms with E-state index in [4.69, 9.17) is 5.73 Å². The Balaban J connectivity index is 2.45. The van der Waals surface area contributed by atoms with Gasteiger partial charge in [-0.25, -0.2) is 0 Å². The van der Waals surface area contributed by atoms with Gasteiger partial charge < -0.3 is 5.73 Å². The van der Waals surface area contributed by atoms with E-state index >= 15 is 0 Å². The zero-order valence-corrected chi connectivity index (χ0v) is 6.25. The zero-order chi connectivity index (χ0) is 7.68. The molecule has 2 N–H and O–H groups in total. The van der Waals surface area contributed by atoms with E-state index in [1.54, 1.807) is 0 Å². The minimum absolute atomic E-state index is 0.618. The lowest BCUT2D eigenvalue weighted by Crippen LogP contribution is -1.97. The molecule has 1 aliphatic heterocycles. The normalized spacial score (nSPS) is 13.5. The van der Waals surface area contributed by atoms with Crippen molar-refractivity contribution in [1.29, 1.82) is 0 Å². The van der Waals surface area contributed by atoms with E-state index in [1.807, 2.05) is 6.21 Å². The Morgan fingerprint density at radius 2 is 2.36 bits per heavy atom. The van der Waals surface area contributed by atoms with Crippen molar-refractivity contribution < 1.29 is 0 Å². The first kappa shape index (κ1) is 6.55. The second-order valence-electron chi connectivity index (χ2n) is 2.71. The van der Waals surface area contributed by atoms with Crippen LogP contribution in [0.25, 0.3) is 0 Å². The van der Waals surface area contributed by atoms with Crippen LogP contribution in [0.15, 0.2) is 23.2 Å². The summed E-state index contributed by atoms with van der Waals surface area (Å²) in [5.74, 6) is 0. The third kappa shape index (κ3) is 1.05. The SMILES string of the molecule is NCc1ccc2c(c1)CN=C2. The number of hydrogen-bond acceptors (Lipinski definition) is 2. The van der Waals surface area contributed by atoms with Crippen molar-refractivity contribution >= 4 is 6.21 Å². The summed E-state index contributed by atoms with van der Waals surface area (Å²) in [5.41, 5.74) is 9.23. The van der Waals surface area contributed by atoms with Crippen molar-refractivity contribution in [3.8, 4) is 0 Å². The third-order valence-corrected chi connectivity index (χ3v) is 1.94. The van der Waals surface area contributed by atoms with E-state index in [0.717, 1.165) is 6.54 Å². The summed E-state index contributed by atoms with van der Waals surface area (Å²) in [6.45, 7) is 1.44. The number of nitrogens with two attached hydrogens (primary N) is 1. The van der Waals surface area contributed by atoms with Gasteiger partial charge in [0.1, 0.15) is 0 Å². The molecule has 0 aliphatic carbocycles. The fraction of sp³-hybridized carbons (Fsp3) is 0.222. The standard InChI is InChI=1S/C9H10N2/c10-4-7-1-2-8-5-11-6-9(8)3-7/h1-3,5H,4,6,10H2. The predicted molar refractivity (Wildman–Crippen MR) is 45.6 cm³/mol. The van der Waals surface area contributed by atoms with Crippen molar-refractivity contribution in [1.82, 2.24) is 0 Å². The molecule has 2 rings (SSSR count). The molecule has 0 atom stereocenters. The topological polar surface area (TPSA) is 38.4 Å². The molecule has 1 aromatic carbocycles. The summed E-state index contributed by atoms with van der Waals surface area (Å²) in [4.78, 5) is 4.16. The van der Waals surface area contributed by atoms with Gasteiger partial charge in [0, 0.05) is 12.8 Å². The number of hydrogen-bond donors (Lipinski definition) is 1. The Bertz CT molecular complexity index is 302. The van der Waals surface area contributed by atoms with Crippen LogP contribution >= 0.6 is 0 Å². The highest BCUT2D eigenvalue weighted by molar-refractivity contribution is 5.84. The minimum Gasteiger partial charge on any atom is -0.326 e. The Labute approximate surface area is 65.8 Å². The van der Waals surface area contributed by atoms with Gasteiger partial charge in [-0.1, -0.05) is 18.2 Å². The van der Waals surface area contributed by atoms with Gasteiger partial charge in [-0.15, -0.1) is 0 Å². The van der Waals surface area contributed by atoms with Gasteiger partial charge in [0.05, 0.1) is 6.54 Å². The van der Waals surface area contributed by atoms with E-state index in [-0.39, 0.29) is 0 Å². The first-order chi connectivity index (χ1) is 5.40. The molecular formula is C9H10N2. The number of nitrogens with zero attached hydrogens (tertiary/aromatic N) is 1. The predicted octanol–water partition coefficient (Wildman–Crippen LogP) is 1.08. The van der Waals surface area contributed by atoms with Crippen LogP contribution < -0.4 is 5.73 Å². The van der Waals surface area contributed by atoms with Crippen LogP contribution in [0.3, 0.4) is 0 Å². The third-order valence-electron chi connectivity index (χ3n) is 1.94. The molecule has 0 amide bonds. The molecule has 11 heavy (non-hydrogen) atoms. The Kier molecular flexibility index (Phi) is 1.47. The fourth-order valence-corrected chi connectivity index (χ4v) is 1.29. The van der Waals surface area contributed by atoms with Crippen LogP contribution in [0, 0.1) is 0 Å². The molecule has 56 valence electrons. The average Bonchev–Trinajstić information content (AvgIpc) is 2.50. The van der Waals surface area contributed by atoms with Gasteiger partial charge >= 0.3 is 0 Å². The molecule has 1 heterocycles. The lowest BCUT2D eigenvalue weighted by molar-refractivity contribution is 1.04. The van der Waals surface area contributed by atoms with E-state index in [9.17, 15) is 0 Å². The highest BCUT2D eigenvalue weighted by atomic mass is 14.7. The van der Waals surface area contributed by atoms with Crippen molar-refractivity contribution in [3.63, 3.8) is 0 Å². The highest BCUT2D eigenvalue weighted by Crippen LogP contribution is 2.15. The van der Waals surface area contributed by atoms with Crippen LogP contribution in [0.2, 0.25) is 0 Å². The first-order valence-electron chi connectivity index (χ1n) is 3.72. The number of fused-ring (bicyclic) bond motifs is 1. The number of rotatable bonds is 1. The van der Waals surface area contributed by atoms with E-state index in [0.29, 0.717) is 6.54 Å². The van der Waals surface area contributed by atoms with Gasteiger partial charge in [0.15, 0.2) is 0 Å². The van der Waals surface area contributed by atoms with Crippen molar-refractivity contribution in [2.45, 2.75) is 13.1 Å². The van der Waals surface area contributed by atoms with E-state index in [1.165, 1.54) is 16.7 Å². The summed E-state index contributed by atoms with van der Waals surface area (Å²) >= 11 is 0. The van der Waals surface area contributed by atoms with Gasteiger partial charge in [-0.3, -0.25) is 4.99 Å². The summed E-state index contributed by atoms with van der Waals surface area (Å²) in [7, 11) is 0. The molecule has 0 saturated carbocycles. The molecule has 2 nitrogen and oxygen atoms in total. The molecule has 0 saturated heterocycles. The lowest BCUT2D eigenvalue weighted by atomic mass is 10.1. The minimum atomic E-state index is 0.618. The summed E-state index contributed by atoms with van der Waals surface area (Å²) in [6.07, 6.45) is 1.91. The van der Waals surface area contributed by atoms with Gasteiger partial charge in [-0.05, 0) is 16.7 Å². The molecule has 0 fully saturated rings. The maximum atomic E-state index is 5.50. The highest BCUT2D eigenvalue weighted by Gasteiger charge is 2.04. The van der Waals surface area contributed by atoms with Gasteiger partial charge in [0.25, 0.3) is 0 Å². The van der Waals surface area contributed by atoms with Crippen LogP contribution in [0.5, 0.6) is 0 Å². The fourth-order valence-electron chi connectivity index (χ4n) is 1.29. The average molecular weight is 146 g/mol. The second kappa shape index (κ2) is 2.47. The van der Waals surface area contributed by atoms with E-state index in [2.05, 4.69) is 23.2 Å². The van der Waals surface area contributed by atoms with Crippen LogP contribution in [-0.4, -0.2) is 6.21 Å². The zero-order valence-electron chi connectivity index (χ0n) is 6.25. The molecule has 2 heteroatoms. The Hall–Kier alpha value is -1.15. The summed E-state index contributed by atoms with van der Waals surface area (Å²) in [5, 5.41) is 0. The molecule has 0 unspecified atom stereocenters. The molecule has 1 aromatic rings. The maximum Gasteiger partial charge on any atom is 0.0646 e. The van der Waals surface area contributed by atoms with Crippen LogP contribution in [-0.2, 0) is 13.1 Å². The second-order valence-corrected chi connectivity index (χ2v) is 2.71. The van der Waals surface area contributed by atoms with Gasteiger partial charge in [0.2, 0.25) is 0 Å². The molecular weight excluding hydrogens is 136 g/mol. The number of benzene rings is 1. The molecule has 0 spiro atoms. The molecule has 1 aliphatic rings. The van der Waals surface area contributed by atoms with Gasteiger partial charge in [-0.2, -0.15) is 0 Å². The Morgan fingerprint density at radius 1 is 1.45 bits per heavy atom. The number of aliphatic imine (C=N–C) groups is 1. The summed E-state index contributed by atoms with van der Waals surface area (Å²) in [6, 6.07) is 6.26. The van der Waals surface area contributed by atoms with Crippen molar-refractivity contribution in [2.75, 3.05) is 0 Å². The molecule has 0 bridgehead atoms. The van der Waals surface area contributed by atoms with Crippen LogP contribution in [0.4, 0.5) is 0 Å². The van der Waals surface area contributed by atoms with Crippen LogP contribution in [0.1, 0.15) is 16.7 Å². The molecule has 0 radical (unpaired) electrons. The smallest absolute Gasteiger partial charge is 0.0646 e. The quantitative estimate of drug-likeness (QED) is 0.632.